The fourth-order valence-corrected chi connectivity index (χ4v) is 2.37. The van der Waals surface area contributed by atoms with Gasteiger partial charge in [-0.3, -0.25) is 5.10 Å². The molecule has 0 aliphatic rings. The highest BCUT2D eigenvalue weighted by Crippen LogP contribution is 2.37. The van der Waals surface area contributed by atoms with Crippen molar-refractivity contribution in [2.24, 2.45) is 10.2 Å². The molecule has 4 aromatic rings. The lowest BCUT2D eigenvalue weighted by atomic mass is 10.2. The van der Waals surface area contributed by atoms with Gasteiger partial charge in [-0.1, -0.05) is 30.3 Å². The molecule has 0 aliphatic heterocycles. The van der Waals surface area contributed by atoms with E-state index in [-0.39, 0.29) is 23.3 Å². The van der Waals surface area contributed by atoms with Gasteiger partial charge in [-0.15, -0.1) is 15.3 Å². The molecule has 0 aliphatic carbocycles. The van der Waals surface area contributed by atoms with Crippen LogP contribution >= 0.6 is 0 Å². The van der Waals surface area contributed by atoms with Crippen molar-refractivity contribution in [1.29, 1.82) is 0 Å². The number of nitrogens with zero attached hydrogens (tertiary/aromatic N) is 4. The van der Waals surface area contributed by atoms with E-state index in [1.165, 1.54) is 12.1 Å². The van der Waals surface area contributed by atoms with Crippen LogP contribution in [0.3, 0.4) is 0 Å². The zero-order chi connectivity index (χ0) is 16.5. The summed E-state index contributed by atoms with van der Waals surface area (Å²) in [5.74, 6) is 0.647. The number of H-pyrrole nitrogens is 2. The second-order valence-electron chi connectivity index (χ2n) is 5.10. The van der Waals surface area contributed by atoms with Crippen LogP contribution < -0.4 is 0 Å². The molecule has 0 radical (unpaired) electrons. The average molecular weight is 320 g/mol. The Kier molecular flexibility index (Phi) is 3.20. The van der Waals surface area contributed by atoms with Gasteiger partial charge in [0, 0.05) is 10.9 Å². The maximum absolute atomic E-state index is 9.95. The van der Waals surface area contributed by atoms with Crippen molar-refractivity contribution >= 4 is 22.5 Å². The number of phenolic OH excluding ortho intramolecular Hbond substituents is 1. The van der Waals surface area contributed by atoms with Gasteiger partial charge in [0.25, 0.3) is 5.95 Å². The Morgan fingerprint density at radius 2 is 1.79 bits per heavy atom. The molecule has 0 saturated heterocycles. The van der Waals surface area contributed by atoms with E-state index in [9.17, 15) is 10.2 Å². The molecule has 0 amide bonds. The summed E-state index contributed by atoms with van der Waals surface area (Å²) in [6.07, 6.45) is 0. The van der Waals surface area contributed by atoms with Crippen LogP contribution in [0.25, 0.3) is 22.3 Å². The Hall–Kier alpha value is -3.68. The lowest BCUT2D eigenvalue weighted by Crippen LogP contribution is -1.78. The van der Waals surface area contributed by atoms with Crippen molar-refractivity contribution < 1.29 is 10.2 Å². The largest absolute Gasteiger partial charge is 0.508 e. The summed E-state index contributed by atoms with van der Waals surface area (Å²) in [5.41, 5.74) is 1.73. The maximum atomic E-state index is 9.95. The molecule has 0 atom stereocenters. The normalized spacial score (nSPS) is 11.5. The van der Waals surface area contributed by atoms with Gasteiger partial charge in [0.05, 0.1) is 5.52 Å². The summed E-state index contributed by atoms with van der Waals surface area (Å²) in [4.78, 5) is 7.00. The average Bonchev–Trinajstić information content (AvgIpc) is 3.18. The first-order chi connectivity index (χ1) is 11.7. The van der Waals surface area contributed by atoms with Crippen LogP contribution in [0.15, 0.2) is 58.8 Å². The second-order valence-corrected chi connectivity index (χ2v) is 5.10. The number of phenols is 1. The zero-order valence-electron chi connectivity index (χ0n) is 12.3. The van der Waals surface area contributed by atoms with Crippen molar-refractivity contribution in [3.63, 3.8) is 0 Å². The fraction of sp³-hybridized carbons (Fsp3) is 0. The predicted octanol–water partition coefficient (Wildman–Crippen LogP) is 3.78. The number of aromatic hydroxyl groups is 2. The predicted molar refractivity (Wildman–Crippen MR) is 87.6 cm³/mol. The lowest BCUT2D eigenvalue weighted by Gasteiger charge is -1.93. The van der Waals surface area contributed by atoms with Gasteiger partial charge >= 0.3 is 0 Å². The molecule has 2 aromatic carbocycles. The molecule has 4 rings (SSSR count). The van der Waals surface area contributed by atoms with E-state index in [4.69, 9.17) is 0 Å². The maximum Gasteiger partial charge on any atom is 0.287 e. The SMILES string of the molecule is Oc1ccc2[nH]c(O)c(N=Nc3n[nH]c(-c4ccccc4)n3)c2c1. The van der Waals surface area contributed by atoms with Crippen LogP contribution in [0.4, 0.5) is 11.6 Å². The molecule has 118 valence electrons. The van der Waals surface area contributed by atoms with Crippen molar-refractivity contribution in [2.45, 2.75) is 0 Å². The van der Waals surface area contributed by atoms with Crippen molar-refractivity contribution in [2.75, 3.05) is 0 Å². The highest BCUT2D eigenvalue weighted by Gasteiger charge is 2.11. The monoisotopic (exact) mass is 320 g/mol. The first-order valence-electron chi connectivity index (χ1n) is 7.14. The second kappa shape index (κ2) is 5.51. The van der Waals surface area contributed by atoms with Crippen LogP contribution in [-0.4, -0.2) is 30.4 Å². The smallest absolute Gasteiger partial charge is 0.287 e. The summed E-state index contributed by atoms with van der Waals surface area (Å²) in [6.45, 7) is 0. The third-order valence-corrected chi connectivity index (χ3v) is 3.50. The van der Waals surface area contributed by atoms with E-state index in [1.807, 2.05) is 30.3 Å². The molecule has 2 aromatic heterocycles. The number of hydrogen-bond acceptors (Lipinski definition) is 6. The minimum Gasteiger partial charge on any atom is -0.508 e. The van der Waals surface area contributed by atoms with Crippen LogP contribution in [0, 0.1) is 0 Å². The molecule has 4 N–H and O–H groups in total. The topological polar surface area (TPSA) is 123 Å². The third-order valence-electron chi connectivity index (χ3n) is 3.50. The van der Waals surface area contributed by atoms with Crippen LogP contribution in [-0.2, 0) is 0 Å². The van der Waals surface area contributed by atoms with Gasteiger partial charge < -0.3 is 15.2 Å². The van der Waals surface area contributed by atoms with E-state index >= 15 is 0 Å². The van der Waals surface area contributed by atoms with Gasteiger partial charge in [-0.2, -0.15) is 4.98 Å². The Bertz CT molecular complexity index is 1040. The quantitative estimate of drug-likeness (QED) is 0.429. The number of nitrogens with one attached hydrogen (secondary N) is 2. The van der Waals surface area contributed by atoms with E-state index in [2.05, 4.69) is 30.4 Å². The fourth-order valence-electron chi connectivity index (χ4n) is 2.37. The van der Waals surface area contributed by atoms with Gasteiger partial charge in [-0.05, 0) is 18.2 Å². The number of azo groups is 1. The standard InChI is InChI=1S/C16H12N6O2/c23-10-6-7-12-11(8-10)13(15(24)17-12)19-21-16-18-14(20-22-16)9-4-2-1-3-5-9/h1-8,17,23-24H,(H,18,20,22). The molecule has 24 heavy (non-hydrogen) atoms. The first-order valence-corrected chi connectivity index (χ1v) is 7.14. The molecule has 0 fully saturated rings. The third kappa shape index (κ3) is 2.45. The first kappa shape index (κ1) is 13.9. The van der Waals surface area contributed by atoms with E-state index in [0.29, 0.717) is 16.7 Å². The number of aromatic amines is 2. The van der Waals surface area contributed by atoms with E-state index < -0.39 is 0 Å². The minimum absolute atomic E-state index is 0.0715. The van der Waals surface area contributed by atoms with Crippen molar-refractivity contribution in [3.05, 3.63) is 48.5 Å². The molecule has 0 saturated carbocycles. The van der Waals surface area contributed by atoms with Gasteiger partial charge in [0.2, 0.25) is 5.88 Å². The van der Waals surface area contributed by atoms with Gasteiger partial charge in [0.15, 0.2) is 11.5 Å². The van der Waals surface area contributed by atoms with Crippen LogP contribution in [0.2, 0.25) is 0 Å². The molecule has 8 nitrogen and oxygen atoms in total. The number of benzene rings is 2. The van der Waals surface area contributed by atoms with Crippen molar-refractivity contribution in [3.8, 4) is 23.0 Å². The molecular weight excluding hydrogens is 308 g/mol. The summed E-state index contributed by atoms with van der Waals surface area (Å²) in [7, 11) is 0. The summed E-state index contributed by atoms with van der Waals surface area (Å²) < 4.78 is 0. The number of rotatable bonds is 3. The van der Waals surface area contributed by atoms with Crippen LogP contribution in [0.5, 0.6) is 11.6 Å². The molecular formula is C16H12N6O2. The minimum atomic E-state index is -0.141. The number of fused-ring (bicyclic) bond motifs is 1. The Balaban J connectivity index is 1.68. The van der Waals surface area contributed by atoms with Gasteiger partial charge in [-0.25, -0.2) is 0 Å². The van der Waals surface area contributed by atoms with Crippen LogP contribution in [0.1, 0.15) is 0 Å². The molecule has 0 unspecified atom stereocenters. The Morgan fingerprint density at radius 1 is 0.958 bits per heavy atom. The summed E-state index contributed by atoms with van der Waals surface area (Å²) in [6, 6.07) is 14.2. The van der Waals surface area contributed by atoms with Crippen molar-refractivity contribution in [1.82, 2.24) is 20.2 Å². The van der Waals surface area contributed by atoms with Gasteiger partial charge in [0.1, 0.15) is 5.75 Å². The molecule has 8 heteroatoms. The molecule has 0 spiro atoms. The van der Waals surface area contributed by atoms with E-state index in [0.717, 1.165) is 5.56 Å². The Morgan fingerprint density at radius 3 is 2.62 bits per heavy atom. The molecule has 0 bridgehead atoms. The summed E-state index contributed by atoms with van der Waals surface area (Å²) in [5, 5.41) is 34.8. The summed E-state index contributed by atoms with van der Waals surface area (Å²) >= 11 is 0. The number of aromatic nitrogens is 4. The Labute approximate surface area is 135 Å². The van der Waals surface area contributed by atoms with E-state index in [1.54, 1.807) is 6.07 Å². The highest BCUT2D eigenvalue weighted by molar-refractivity contribution is 5.95. The molecule has 2 heterocycles. The zero-order valence-corrected chi connectivity index (χ0v) is 12.3. The highest BCUT2D eigenvalue weighted by atomic mass is 16.3. The lowest BCUT2D eigenvalue weighted by molar-refractivity contribution is 0.459. The number of hydrogen-bond donors (Lipinski definition) is 4.